The maximum absolute atomic E-state index is 12.5. The molecule has 0 aliphatic carbocycles. The molecule has 2 aromatic heterocycles. The van der Waals surface area contributed by atoms with Gasteiger partial charge in [-0.1, -0.05) is 17.3 Å². The van der Waals surface area contributed by atoms with Gasteiger partial charge in [-0.3, -0.25) is 9.69 Å². The van der Waals surface area contributed by atoms with Crippen molar-refractivity contribution in [1.29, 1.82) is 0 Å². The second kappa shape index (κ2) is 6.66. The smallest absolute Gasteiger partial charge is 0.252 e. The summed E-state index contributed by atoms with van der Waals surface area (Å²) in [5, 5.41) is 14.6. The molecule has 4 rings (SSSR count). The van der Waals surface area contributed by atoms with E-state index in [9.17, 15) is 9.90 Å². The van der Waals surface area contributed by atoms with Crippen LogP contribution < -0.4 is 5.56 Å². The lowest BCUT2D eigenvalue weighted by Gasteiger charge is -2.15. The first-order valence-corrected chi connectivity index (χ1v) is 8.79. The molecule has 7 nitrogen and oxygen atoms in total. The van der Waals surface area contributed by atoms with Crippen molar-refractivity contribution < 1.29 is 9.63 Å². The van der Waals surface area contributed by atoms with Gasteiger partial charge in [0.05, 0.1) is 5.92 Å². The number of aliphatic hydroxyl groups excluding tert-OH is 1. The van der Waals surface area contributed by atoms with E-state index < -0.39 is 0 Å². The Bertz CT molecular complexity index is 994. The lowest BCUT2D eigenvalue weighted by atomic mass is 9.97. The first kappa shape index (κ1) is 16.9. The standard InChI is InChI=1S/C19H22N4O3/c1-11-3-4-13-6-14(18(25)21-17(13)5-11)7-23-8-15(10-24)16(9-23)19-20-12(2)22-26-19/h3-6,15-16,24H,7-10H2,1-2H3,(H,21,25)/t15-,16+/m0/s1. The Morgan fingerprint density at radius 2 is 2.15 bits per heavy atom. The van der Waals surface area contributed by atoms with E-state index >= 15 is 0 Å². The Hall–Kier alpha value is -2.51. The van der Waals surface area contributed by atoms with Crippen LogP contribution in [0, 0.1) is 19.8 Å². The Kier molecular flexibility index (Phi) is 4.34. The number of hydrogen-bond donors (Lipinski definition) is 2. The second-order valence-corrected chi connectivity index (χ2v) is 7.14. The van der Waals surface area contributed by atoms with Gasteiger partial charge in [0, 0.05) is 43.2 Å². The Morgan fingerprint density at radius 3 is 2.88 bits per heavy atom. The number of aryl methyl sites for hydroxylation is 2. The molecule has 0 unspecified atom stereocenters. The zero-order valence-electron chi connectivity index (χ0n) is 14.9. The van der Waals surface area contributed by atoms with Crippen LogP contribution in [-0.2, 0) is 6.54 Å². The van der Waals surface area contributed by atoms with E-state index in [2.05, 4.69) is 20.0 Å². The van der Waals surface area contributed by atoms with Crippen molar-refractivity contribution in [3.63, 3.8) is 0 Å². The summed E-state index contributed by atoms with van der Waals surface area (Å²) in [6, 6.07) is 7.99. The maximum Gasteiger partial charge on any atom is 0.252 e. The number of pyridine rings is 1. The van der Waals surface area contributed by atoms with Crippen molar-refractivity contribution in [2.75, 3.05) is 19.7 Å². The van der Waals surface area contributed by atoms with Gasteiger partial charge in [-0.05, 0) is 36.9 Å². The van der Waals surface area contributed by atoms with Crippen LogP contribution in [0.3, 0.4) is 0 Å². The highest BCUT2D eigenvalue weighted by Gasteiger charge is 2.37. The highest BCUT2D eigenvalue weighted by Crippen LogP contribution is 2.32. The molecule has 26 heavy (non-hydrogen) atoms. The van der Waals surface area contributed by atoms with Crippen molar-refractivity contribution >= 4 is 10.9 Å². The van der Waals surface area contributed by atoms with Gasteiger partial charge in [0.2, 0.25) is 5.89 Å². The summed E-state index contributed by atoms with van der Waals surface area (Å²) in [5.74, 6) is 1.17. The summed E-state index contributed by atoms with van der Waals surface area (Å²) in [5.41, 5.74) is 2.62. The van der Waals surface area contributed by atoms with E-state index in [-0.39, 0.29) is 24.0 Å². The van der Waals surface area contributed by atoms with Crippen LogP contribution in [0.25, 0.3) is 10.9 Å². The number of nitrogens with zero attached hydrogens (tertiary/aromatic N) is 3. The molecule has 3 aromatic rings. The summed E-state index contributed by atoms with van der Waals surface area (Å²) in [4.78, 5) is 21.9. The number of H-pyrrole nitrogens is 1. The number of aromatic amines is 1. The summed E-state index contributed by atoms with van der Waals surface area (Å²) in [7, 11) is 0. The molecule has 1 aliphatic rings. The number of nitrogens with one attached hydrogen (secondary N) is 1. The van der Waals surface area contributed by atoms with Crippen LogP contribution in [-0.4, -0.2) is 44.8 Å². The second-order valence-electron chi connectivity index (χ2n) is 7.14. The molecule has 0 amide bonds. The van der Waals surface area contributed by atoms with E-state index in [0.717, 1.165) is 22.0 Å². The van der Waals surface area contributed by atoms with Gasteiger partial charge >= 0.3 is 0 Å². The van der Waals surface area contributed by atoms with Crippen LogP contribution in [0.4, 0.5) is 0 Å². The van der Waals surface area contributed by atoms with E-state index in [1.807, 2.05) is 31.2 Å². The highest BCUT2D eigenvalue weighted by molar-refractivity contribution is 5.79. The molecule has 1 saturated heterocycles. The van der Waals surface area contributed by atoms with Crippen molar-refractivity contribution in [1.82, 2.24) is 20.0 Å². The molecule has 2 N–H and O–H groups in total. The van der Waals surface area contributed by atoms with Crippen LogP contribution in [0.5, 0.6) is 0 Å². The predicted octanol–water partition coefficient (Wildman–Crippen LogP) is 1.74. The molecule has 0 radical (unpaired) electrons. The van der Waals surface area contributed by atoms with Crippen LogP contribution >= 0.6 is 0 Å². The molecular weight excluding hydrogens is 332 g/mol. The van der Waals surface area contributed by atoms with Crippen LogP contribution in [0.2, 0.25) is 0 Å². The molecule has 7 heteroatoms. The molecular formula is C19H22N4O3. The Labute approximate surface area is 150 Å². The average molecular weight is 354 g/mol. The normalized spacial score (nSPS) is 20.9. The maximum atomic E-state index is 12.5. The van der Waals surface area contributed by atoms with Gasteiger partial charge in [-0.15, -0.1) is 0 Å². The molecule has 0 saturated carbocycles. The van der Waals surface area contributed by atoms with Gasteiger partial charge in [0.25, 0.3) is 5.56 Å². The third-order valence-corrected chi connectivity index (χ3v) is 5.08. The van der Waals surface area contributed by atoms with Gasteiger partial charge in [0.1, 0.15) is 0 Å². The number of aromatic nitrogens is 3. The summed E-state index contributed by atoms with van der Waals surface area (Å²) >= 11 is 0. The fourth-order valence-electron chi connectivity index (χ4n) is 3.74. The van der Waals surface area contributed by atoms with E-state index in [4.69, 9.17) is 4.52 Å². The van der Waals surface area contributed by atoms with Crippen molar-refractivity contribution in [3.05, 3.63) is 57.5 Å². The fraction of sp³-hybridized carbons (Fsp3) is 0.421. The molecule has 0 spiro atoms. The van der Waals surface area contributed by atoms with Gasteiger partial charge in [0.15, 0.2) is 5.82 Å². The molecule has 2 atom stereocenters. The van der Waals surface area contributed by atoms with Crippen LogP contribution in [0.1, 0.15) is 28.8 Å². The number of hydrogen-bond acceptors (Lipinski definition) is 6. The zero-order valence-corrected chi connectivity index (χ0v) is 14.9. The van der Waals surface area contributed by atoms with E-state index in [0.29, 0.717) is 31.3 Å². The third kappa shape index (κ3) is 3.15. The minimum atomic E-state index is -0.0688. The van der Waals surface area contributed by atoms with Crippen LogP contribution in [0.15, 0.2) is 33.6 Å². The molecule has 1 aromatic carbocycles. The van der Waals surface area contributed by atoms with Crippen molar-refractivity contribution in [3.8, 4) is 0 Å². The monoisotopic (exact) mass is 354 g/mol. The van der Waals surface area contributed by atoms with E-state index in [1.165, 1.54) is 0 Å². The van der Waals surface area contributed by atoms with Gasteiger partial charge in [-0.2, -0.15) is 4.98 Å². The van der Waals surface area contributed by atoms with Gasteiger partial charge in [-0.25, -0.2) is 0 Å². The van der Waals surface area contributed by atoms with Crippen molar-refractivity contribution in [2.45, 2.75) is 26.3 Å². The Morgan fingerprint density at radius 1 is 1.31 bits per heavy atom. The number of benzene rings is 1. The minimum absolute atomic E-state index is 0.0108. The zero-order chi connectivity index (χ0) is 18.3. The quantitative estimate of drug-likeness (QED) is 0.741. The molecule has 1 fully saturated rings. The number of likely N-dealkylation sites (tertiary alicyclic amines) is 1. The summed E-state index contributed by atoms with van der Waals surface area (Å²) < 4.78 is 5.30. The van der Waals surface area contributed by atoms with Gasteiger partial charge < -0.3 is 14.6 Å². The number of fused-ring (bicyclic) bond motifs is 1. The highest BCUT2D eigenvalue weighted by atomic mass is 16.5. The molecule has 136 valence electrons. The topological polar surface area (TPSA) is 95.2 Å². The molecule has 1 aliphatic heterocycles. The lowest BCUT2D eigenvalue weighted by Crippen LogP contribution is -2.25. The number of aliphatic hydroxyl groups is 1. The fourth-order valence-corrected chi connectivity index (χ4v) is 3.74. The SMILES string of the molecule is Cc1ccc2cc(CN3C[C@@H](CO)[C@H](c4nc(C)no4)C3)c(=O)[nH]c2c1. The number of rotatable bonds is 4. The summed E-state index contributed by atoms with van der Waals surface area (Å²) in [6.45, 7) is 5.73. The lowest BCUT2D eigenvalue weighted by molar-refractivity contribution is 0.204. The molecule has 3 heterocycles. The Balaban J connectivity index is 1.57. The summed E-state index contributed by atoms with van der Waals surface area (Å²) in [6.07, 6.45) is 0. The first-order chi connectivity index (χ1) is 12.5. The first-order valence-electron chi connectivity index (χ1n) is 8.79. The molecule has 0 bridgehead atoms. The largest absolute Gasteiger partial charge is 0.396 e. The third-order valence-electron chi connectivity index (χ3n) is 5.08. The van der Waals surface area contributed by atoms with E-state index in [1.54, 1.807) is 6.92 Å². The van der Waals surface area contributed by atoms with Crippen molar-refractivity contribution in [2.24, 2.45) is 5.92 Å². The minimum Gasteiger partial charge on any atom is -0.396 e. The predicted molar refractivity (Wildman–Crippen MR) is 96.9 cm³/mol. The average Bonchev–Trinajstić information content (AvgIpc) is 3.21.